The Kier molecular flexibility index (Phi) is 23.5. The molecule has 64 heavy (non-hydrogen) atoms. The predicted octanol–water partition coefficient (Wildman–Crippen LogP) is -14.0. The lowest BCUT2D eigenvalue weighted by Crippen LogP contribution is -3.06. The minimum absolute atomic E-state index is 0. The van der Waals surface area contributed by atoms with Gasteiger partial charge in [0.15, 0.2) is 0 Å². The summed E-state index contributed by atoms with van der Waals surface area (Å²) >= 11 is 0. The molecule has 0 unspecified atom stereocenters. The van der Waals surface area contributed by atoms with Crippen LogP contribution in [0.4, 0.5) is 0 Å². The van der Waals surface area contributed by atoms with Crippen molar-refractivity contribution in [3.8, 4) is 0 Å². The van der Waals surface area contributed by atoms with Crippen LogP contribution < -0.4 is 138 Å². The molecule has 8 nitrogen and oxygen atoms in total. The van der Waals surface area contributed by atoms with Gasteiger partial charge in [-0.05, 0) is 99.9 Å². The summed E-state index contributed by atoms with van der Waals surface area (Å²) in [6.07, 6.45) is 34.7. The fraction of sp³-hybridized carbons (Fsp3) is 0.167. The topological polar surface area (TPSA) is 31.0 Å². The molecular weight excluding hydrogens is 1190 g/mol. The van der Waals surface area contributed by atoms with Gasteiger partial charge in [-0.15, -0.1) is 0 Å². The Morgan fingerprint density at radius 1 is 0.188 bits per heavy atom. The lowest BCUT2D eigenvalue weighted by molar-refractivity contribution is -0.923. The number of pyridine rings is 8. The lowest BCUT2D eigenvalue weighted by atomic mass is 9.70. The van der Waals surface area contributed by atoms with Crippen LogP contribution in [-0.4, -0.2) is 13.4 Å². The maximum Gasteiger partial charge on any atom is 1.07 e. The van der Waals surface area contributed by atoms with Crippen molar-refractivity contribution in [2.75, 3.05) is 0 Å². The normalized spacial score (nSPS) is 10.4. The van der Waals surface area contributed by atoms with Crippen LogP contribution in [0.25, 0.3) is 0 Å². The molecule has 0 spiro atoms. The Hall–Kier alpha value is -3.79. The van der Waals surface area contributed by atoms with Gasteiger partial charge in [0.2, 0.25) is 0 Å². The molecule has 0 radical (unpaired) electrons. The van der Waals surface area contributed by atoms with Crippen molar-refractivity contribution in [1.82, 2.24) is 0 Å². The number of aryl methyl sites for hydroxylation is 8. The van der Waals surface area contributed by atoms with Gasteiger partial charge in [0.05, 0.1) is 0 Å². The van der Waals surface area contributed by atoms with E-state index in [1.165, 1.54) is 44.5 Å². The van der Waals surface area contributed by atoms with E-state index in [9.17, 15) is 0 Å². The van der Waals surface area contributed by atoms with E-state index in [2.05, 4.69) is 287 Å². The Bertz CT molecular complexity index is 2050. The molecule has 8 rings (SSSR count). The molecule has 16 heteroatoms. The third-order valence-electron chi connectivity index (χ3n) is 11.4. The van der Waals surface area contributed by atoms with Crippen LogP contribution in [0.3, 0.4) is 0 Å². The van der Waals surface area contributed by atoms with Gasteiger partial charge in [0, 0.05) is 97.1 Å². The zero-order valence-electron chi connectivity index (χ0n) is 37.5. The maximum atomic E-state index is 2.30. The fourth-order valence-electron chi connectivity index (χ4n) is 7.80. The molecule has 0 aliphatic carbocycles. The van der Waals surface area contributed by atoms with E-state index in [-0.39, 0.29) is 102 Å². The van der Waals surface area contributed by atoms with Crippen molar-refractivity contribution in [3.63, 3.8) is 0 Å². The Morgan fingerprint density at radius 2 is 0.266 bits per heavy atom. The second kappa shape index (κ2) is 25.8. The molecule has 8 heterocycles. The molecule has 336 valence electrons. The van der Waals surface area contributed by atoms with E-state index in [4.69, 9.17) is 0 Å². The molecule has 8 aromatic heterocycles. The summed E-state index contributed by atoms with van der Waals surface area (Å²) in [7, 11) is 0. The average molecular weight is 1250 g/mol. The van der Waals surface area contributed by atoms with Crippen molar-refractivity contribution < 1.29 is 138 Å². The molecule has 0 bridgehead atoms. The summed E-state index contributed by atoms with van der Waals surface area (Å²) in [4.78, 5) is 0. The quantitative estimate of drug-likeness (QED) is 0.136. The molecular formula is C48H56B2Br6N8. The highest BCUT2D eigenvalue weighted by Crippen LogP contribution is 2.02. The highest BCUT2D eigenvalue weighted by molar-refractivity contribution is 6.43. The minimum Gasteiger partial charge on any atom is -1.00 e. The van der Waals surface area contributed by atoms with Crippen LogP contribution in [-0.2, 0) is 0 Å². The van der Waals surface area contributed by atoms with Crippen LogP contribution in [0.1, 0.15) is 44.5 Å². The number of hydrogen-bond donors (Lipinski definition) is 0. The summed E-state index contributed by atoms with van der Waals surface area (Å²) in [5.74, 6) is 0. The molecule has 0 fully saturated rings. The first kappa shape index (κ1) is 58.2. The van der Waals surface area contributed by atoms with Crippen molar-refractivity contribution in [2.45, 2.75) is 55.4 Å². The first-order valence-electron chi connectivity index (χ1n) is 20.1. The van der Waals surface area contributed by atoms with Gasteiger partial charge < -0.3 is 102 Å². The van der Waals surface area contributed by atoms with Gasteiger partial charge in [-0.3, -0.25) is 0 Å². The molecule has 0 aliphatic rings. The second-order valence-electron chi connectivity index (χ2n) is 16.0. The van der Waals surface area contributed by atoms with E-state index in [0.29, 0.717) is 0 Å². The molecule has 0 N–H and O–H groups in total. The third-order valence-corrected chi connectivity index (χ3v) is 11.4. The van der Waals surface area contributed by atoms with E-state index in [1.807, 2.05) is 0 Å². The molecule has 0 aromatic carbocycles. The van der Waals surface area contributed by atoms with Crippen LogP contribution in [0.15, 0.2) is 196 Å². The molecule has 8 aromatic rings. The molecule has 0 aliphatic heterocycles. The maximum absolute atomic E-state index is 2.30. The molecule has 0 atom stereocenters. The lowest BCUT2D eigenvalue weighted by Gasteiger charge is -2.17. The third kappa shape index (κ3) is 12.3. The molecule has 0 saturated heterocycles. The highest BCUT2D eigenvalue weighted by Gasteiger charge is 2.77. The van der Waals surface area contributed by atoms with Crippen LogP contribution >= 0.6 is 0 Å². The number of rotatable bonds is 8. The SMILES string of the molecule is Cc1cc[n+]([B-]([n+]2ccc(C)cc2)([n+]2ccc(C)cc2)[n+]2ccc(C)cc2)cc1.Cc1cc[n+]([B-]([n+]2ccc(C)cc2)([n+]2ccc(C)cc2)[n+]2ccc(C)cc2)cc1.[Br-].[Br-].[Br-].[Br-].[Br-].[Br-]. The minimum atomic E-state index is -1.61. The van der Waals surface area contributed by atoms with Gasteiger partial charge >= 0.3 is 13.4 Å². The number of nitrogens with zero attached hydrogens (tertiary/aromatic N) is 8. The fourth-order valence-corrected chi connectivity index (χ4v) is 7.80. The standard InChI is InChI=1S/2C24H28BN4.6BrH/c2*1-21-5-13-26(14-6-21)25(27-15-7-22(2)8-16-27,28-17-9-23(3)10-18-28)29-19-11-24(4)12-20-29;;;;;;/h2*5-20H,1-4H3;6*1H/q2*+3;;;;;;/p-6. The van der Waals surface area contributed by atoms with Crippen LogP contribution in [0.5, 0.6) is 0 Å². The Labute approximate surface area is 443 Å². The number of aromatic nitrogens is 8. The van der Waals surface area contributed by atoms with Crippen LogP contribution in [0.2, 0.25) is 0 Å². The second-order valence-corrected chi connectivity index (χ2v) is 16.0. The summed E-state index contributed by atoms with van der Waals surface area (Å²) in [6, 6.07) is 34.6. The van der Waals surface area contributed by atoms with E-state index < -0.39 is 13.4 Å². The van der Waals surface area contributed by atoms with Gasteiger partial charge in [-0.25, -0.2) is 35.8 Å². The summed E-state index contributed by atoms with van der Waals surface area (Å²) in [5, 5.41) is 0. The van der Waals surface area contributed by atoms with E-state index in [0.717, 1.165) is 0 Å². The van der Waals surface area contributed by atoms with E-state index in [1.54, 1.807) is 0 Å². The van der Waals surface area contributed by atoms with Gasteiger partial charge in [0.25, 0.3) is 0 Å². The zero-order chi connectivity index (χ0) is 40.9. The number of hydrogen-bond acceptors (Lipinski definition) is 0. The van der Waals surface area contributed by atoms with Crippen molar-refractivity contribution in [3.05, 3.63) is 241 Å². The van der Waals surface area contributed by atoms with E-state index >= 15 is 0 Å². The zero-order valence-corrected chi connectivity index (χ0v) is 47.0. The van der Waals surface area contributed by atoms with Gasteiger partial charge in [0.1, 0.15) is 99.1 Å². The Balaban J connectivity index is 0.000000585. The molecule has 0 saturated carbocycles. The monoisotopic (exact) mass is 1240 g/mol. The first-order chi connectivity index (χ1) is 28.0. The largest absolute Gasteiger partial charge is 1.07 e. The van der Waals surface area contributed by atoms with Crippen molar-refractivity contribution >= 4 is 13.4 Å². The summed E-state index contributed by atoms with van der Waals surface area (Å²) < 4.78 is 18.4. The number of halogens is 6. The first-order valence-corrected chi connectivity index (χ1v) is 20.1. The van der Waals surface area contributed by atoms with Crippen molar-refractivity contribution in [1.29, 1.82) is 0 Å². The van der Waals surface area contributed by atoms with Gasteiger partial charge in [-0.1, -0.05) is 0 Å². The van der Waals surface area contributed by atoms with Gasteiger partial charge in [-0.2, -0.15) is 0 Å². The summed E-state index contributed by atoms with van der Waals surface area (Å²) in [6.45, 7) is 13.8. The smallest absolute Gasteiger partial charge is 1.00 e. The average Bonchev–Trinajstić information content (AvgIpc) is 3.23. The van der Waals surface area contributed by atoms with Crippen LogP contribution in [0, 0.1) is 55.4 Å². The highest BCUT2D eigenvalue weighted by atomic mass is 79.9. The molecule has 0 amide bonds. The Morgan fingerprint density at radius 3 is 0.344 bits per heavy atom. The summed E-state index contributed by atoms with van der Waals surface area (Å²) in [5.41, 5.74) is 9.91. The predicted molar refractivity (Wildman–Crippen MR) is 226 cm³/mol. The van der Waals surface area contributed by atoms with Crippen molar-refractivity contribution in [2.24, 2.45) is 0 Å².